The van der Waals surface area contributed by atoms with Crippen molar-refractivity contribution in [3.63, 3.8) is 0 Å². The van der Waals surface area contributed by atoms with Crippen LogP contribution in [-0.4, -0.2) is 149 Å². The van der Waals surface area contributed by atoms with E-state index in [9.17, 15) is 14.4 Å². The van der Waals surface area contributed by atoms with Crippen molar-refractivity contribution >= 4 is 17.9 Å². The van der Waals surface area contributed by atoms with E-state index in [4.69, 9.17) is 18.9 Å². The van der Waals surface area contributed by atoms with Crippen LogP contribution in [0, 0.1) is 5.41 Å². The van der Waals surface area contributed by atoms with Gasteiger partial charge in [0.25, 0.3) is 0 Å². The Morgan fingerprint density at radius 3 is 1.16 bits per heavy atom. The molecule has 0 amide bonds. The van der Waals surface area contributed by atoms with E-state index in [0.717, 1.165) is 19.6 Å². The number of esters is 3. The maximum absolute atomic E-state index is 12.3. The molecule has 1 aliphatic heterocycles. The molecule has 0 saturated carbocycles. The summed E-state index contributed by atoms with van der Waals surface area (Å²) in [7, 11) is 0. The quantitative estimate of drug-likeness (QED) is 0.231. The lowest BCUT2D eigenvalue weighted by atomic mass is 9.94. The van der Waals surface area contributed by atoms with Gasteiger partial charge in [0.05, 0.1) is 46.1 Å². The average molecular weight is 545 g/mol. The van der Waals surface area contributed by atoms with Gasteiger partial charge in [0.15, 0.2) is 0 Å². The van der Waals surface area contributed by atoms with Crippen molar-refractivity contribution < 1.29 is 33.3 Å². The third-order valence-electron chi connectivity index (χ3n) is 6.25. The number of hydrogen-bond acceptors (Lipinski definition) is 11. The van der Waals surface area contributed by atoms with Crippen LogP contribution >= 0.6 is 0 Å². The molecule has 0 N–H and O–H groups in total. The summed E-state index contributed by atoms with van der Waals surface area (Å²) < 4.78 is 21.3. The van der Waals surface area contributed by atoms with Crippen molar-refractivity contribution in [2.24, 2.45) is 5.41 Å². The fourth-order valence-electron chi connectivity index (χ4n) is 4.41. The zero-order chi connectivity index (χ0) is 28.4. The van der Waals surface area contributed by atoms with Gasteiger partial charge in [0, 0.05) is 70.9 Å². The summed E-state index contributed by atoms with van der Waals surface area (Å²) in [5.41, 5.74) is -0.0541. The molecule has 1 saturated heterocycles. The van der Waals surface area contributed by atoms with Crippen LogP contribution < -0.4 is 0 Å². The monoisotopic (exact) mass is 544 g/mol. The molecule has 0 aromatic heterocycles. The lowest BCUT2D eigenvalue weighted by molar-refractivity contribution is -0.146. The normalized spacial score (nSPS) is 17.8. The van der Waals surface area contributed by atoms with E-state index in [1.165, 1.54) is 0 Å². The van der Waals surface area contributed by atoms with Gasteiger partial charge in [0.1, 0.15) is 0 Å². The Morgan fingerprint density at radius 2 is 0.868 bits per heavy atom. The highest BCUT2D eigenvalue weighted by molar-refractivity contribution is 5.72. The second-order valence-electron chi connectivity index (χ2n) is 10.3. The Balaban J connectivity index is 3.09. The molecule has 0 aliphatic carbocycles. The molecule has 1 rings (SSSR count). The fourth-order valence-corrected chi connectivity index (χ4v) is 4.41. The maximum atomic E-state index is 12.3. The van der Waals surface area contributed by atoms with Crippen LogP contribution in [0.4, 0.5) is 0 Å². The predicted molar refractivity (Wildman–Crippen MR) is 146 cm³/mol. The number of ether oxygens (including phenoxy) is 4. The molecule has 11 nitrogen and oxygen atoms in total. The minimum absolute atomic E-state index is 0.0541. The van der Waals surface area contributed by atoms with Crippen LogP contribution in [0.3, 0.4) is 0 Å². The van der Waals surface area contributed by atoms with Crippen LogP contribution in [0.2, 0.25) is 0 Å². The van der Waals surface area contributed by atoms with Crippen molar-refractivity contribution in [3.8, 4) is 0 Å². The molecule has 0 aromatic carbocycles. The van der Waals surface area contributed by atoms with Crippen LogP contribution in [0.25, 0.3) is 0 Å². The molecule has 0 bridgehead atoms. The molecule has 0 aromatic rings. The van der Waals surface area contributed by atoms with Gasteiger partial charge in [-0.05, 0) is 27.7 Å². The van der Waals surface area contributed by atoms with Gasteiger partial charge < -0.3 is 23.8 Å². The molecular weight excluding hydrogens is 492 g/mol. The summed E-state index contributed by atoms with van der Waals surface area (Å²) >= 11 is 0. The molecule has 222 valence electrons. The van der Waals surface area contributed by atoms with E-state index in [1.807, 2.05) is 11.8 Å². The summed E-state index contributed by atoms with van der Waals surface area (Å²) in [5, 5.41) is 0. The molecule has 0 spiro atoms. The smallest absolute Gasteiger partial charge is 0.320 e. The molecular formula is C27H52N4O7. The Hall–Kier alpha value is -1.79. The van der Waals surface area contributed by atoms with Crippen molar-refractivity contribution in [1.29, 1.82) is 0 Å². The molecule has 1 heterocycles. The Morgan fingerprint density at radius 1 is 0.553 bits per heavy atom. The highest BCUT2D eigenvalue weighted by Crippen LogP contribution is 2.18. The molecule has 1 aliphatic rings. The highest BCUT2D eigenvalue weighted by atomic mass is 16.5. The third-order valence-corrected chi connectivity index (χ3v) is 6.25. The van der Waals surface area contributed by atoms with Gasteiger partial charge in [-0.3, -0.25) is 29.1 Å². The SMILES string of the molecule is CCOCC(C)(C)CN1CCN(CC(=O)OCC)CCN(CC(=O)OCC)CCN(CC(=O)OCC)CC1. The van der Waals surface area contributed by atoms with Crippen molar-refractivity contribution in [2.75, 3.05) is 112 Å². The molecule has 1 fully saturated rings. The standard InChI is InChI=1S/C27H52N4O7/c1-7-35-23-27(5,6)22-31-17-15-29(20-25(33)37-9-3)13-11-28(19-24(32)36-8-2)12-14-30(16-18-31)21-26(34)38-10-4/h7-23H2,1-6H3. The predicted octanol–water partition coefficient (Wildman–Crippen LogP) is 0.960. The second kappa shape index (κ2) is 19.3. The zero-order valence-corrected chi connectivity index (χ0v) is 24.7. The van der Waals surface area contributed by atoms with Gasteiger partial charge in [-0.25, -0.2) is 0 Å². The summed E-state index contributed by atoms with van der Waals surface area (Å²) in [6.07, 6.45) is 0. The number of carbonyl (C=O) groups is 3. The van der Waals surface area contributed by atoms with Gasteiger partial charge >= 0.3 is 17.9 Å². The van der Waals surface area contributed by atoms with Gasteiger partial charge in [0.2, 0.25) is 0 Å². The van der Waals surface area contributed by atoms with Crippen molar-refractivity contribution in [1.82, 2.24) is 19.6 Å². The van der Waals surface area contributed by atoms with E-state index in [1.54, 1.807) is 20.8 Å². The first-order chi connectivity index (χ1) is 18.1. The minimum Gasteiger partial charge on any atom is -0.465 e. The van der Waals surface area contributed by atoms with Crippen molar-refractivity contribution in [2.45, 2.75) is 41.5 Å². The largest absolute Gasteiger partial charge is 0.465 e. The van der Waals surface area contributed by atoms with E-state index in [-0.39, 0.29) is 43.0 Å². The molecule has 0 unspecified atom stereocenters. The minimum atomic E-state index is -0.281. The summed E-state index contributed by atoms with van der Waals surface area (Å²) in [6, 6.07) is 0. The topological polar surface area (TPSA) is 101 Å². The lowest BCUT2D eigenvalue weighted by Gasteiger charge is -2.36. The fraction of sp³-hybridized carbons (Fsp3) is 0.889. The van der Waals surface area contributed by atoms with E-state index in [0.29, 0.717) is 72.3 Å². The molecule has 11 heteroatoms. The summed E-state index contributed by atoms with van der Waals surface area (Å²) in [4.78, 5) is 45.5. The molecule has 0 radical (unpaired) electrons. The Bertz CT molecular complexity index is 656. The number of nitrogens with zero attached hydrogens (tertiary/aromatic N) is 4. The van der Waals surface area contributed by atoms with E-state index < -0.39 is 0 Å². The van der Waals surface area contributed by atoms with Crippen LogP contribution in [0.5, 0.6) is 0 Å². The molecule has 38 heavy (non-hydrogen) atoms. The van der Waals surface area contributed by atoms with Gasteiger partial charge in [-0.15, -0.1) is 0 Å². The number of rotatable bonds is 14. The molecule has 0 atom stereocenters. The van der Waals surface area contributed by atoms with Crippen LogP contribution in [-0.2, 0) is 33.3 Å². The summed E-state index contributed by atoms with van der Waals surface area (Å²) in [6.45, 7) is 20.7. The Kier molecular flexibility index (Phi) is 17.4. The van der Waals surface area contributed by atoms with Gasteiger partial charge in [-0.2, -0.15) is 0 Å². The number of hydrogen-bond donors (Lipinski definition) is 0. The van der Waals surface area contributed by atoms with Crippen molar-refractivity contribution in [3.05, 3.63) is 0 Å². The highest BCUT2D eigenvalue weighted by Gasteiger charge is 2.25. The van der Waals surface area contributed by atoms with Gasteiger partial charge in [-0.1, -0.05) is 13.8 Å². The zero-order valence-electron chi connectivity index (χ0n) is 24.7. The first kappa shape index (κ1) is 34.2. The second-order valence-corrected chi connectivity index (χ2v) is 10.3. The first-order valence-corrected chi connectivity index (χ1v) is 14.1. The maximum Gasteiger partial charge on any atom is 0.320 e. The Labute approximate surface area is 229 Å². The number of carbonyl (C=O) groups excluding carboxylic acids is 3. The van der Waals surface area contributed by atoms with E-state index >= 15 is 0 Å². The lowest BCUT2D eigenvalue weighted by Crippen LogP contribution is -2.50. The summed E-state index contributed by atoms with van der Waals surface area (Å²) in [5.74, 6) is -0.781. The van der Waals surface area contributed by atoms with Crippen LogP contribution in [0.15, 0.2) is 0 Å². The third kappa shape index (κ3) is 15.6. The average Bonchev–Trinajstić information content (AvgIpc) is 2.84. The van der Waals surface area contributed by atoms with Crippen LogP contribution in [0.1, 0.15) is 41.5 Å². The van der Waals surface area contributed by atoms with E-state index in [2.05, 4.69) is 28.5 Å². The first-order valence-electron chi connectivity index (χ1n) is 14.1.